The van der Waals surface area contributed by atoms with Crippen molar-refractivity contribution < 1.29 is 18.8 Å². The lowest BCUT2D eigenvalue weighted by atomic mass is 10.1. The zero-order chi connectivity index (χ0) is 19.8. The van der Waals surface area contributed by atoms with Crippen LogP contribution in [0.5, 0.6) is 11.5 Å². The number of halogens is 1. The Hall–Kier alpha value is -3.27. The predicted molar refractivity (Wildman–Crippen MR) is 103 cm³/mol. The molecule has 0 aromatic heterocycles. The molecule has 0 spiro atoms. The average Bonchev–Trinajstić information content (AvgIpc) is 2.66. The Labute approximate surface area is 160 Å². The molecule has 0 unspecified atom stereocenters. The number of hydrazone groups is 1. The van der Waals surface area contributed by atoms with Gasteiger partial charge in [-0.1, -0.05) is 12.1 Å². The summed E-state index contributed by atoms with van der Waals surface area (Å²) in [6.45, 7) is 0.373. The molecule has 2 aromatic rings. The summed E-state index contributed by atoms with van der Waals surface area (Å²) in [5.41, 5.74) is 3.42. The van der Waals surface area contributed by atoms with Crippen molar-refractivity contribution in [1.29, 1.82) is 0 Å². The topological polar surface area (TPSA) is 98.0 Å². The number of benzene rings is 2. The van der Waals surface area contributed by atoms with Crippen molar-refractivity contribution in [2.75, 3.05) is 14.2 Å². The highest BCUT2D eigenvalue weighted by Crippen LogP contribution is 2.33. The van der Waals surface area contributed by atoms with E-state index in [9.17, 15) is 14.5 Å². The minimum absolute atomic E-state index is 0.191. The number of nitro benzene ring substituents is 1. The molecule has 0 fully saturated rings. The van der Waals surface area contributed by atoms with Crippen LogP contribution in [0.2, 0.25) is 0 Å². The summed E-state index contributed by atoms with van der Waals surface area (Å²) in [7, 11) is 2.82. The summed E-state index contributed by atoms with van der Waals surface area (Å²) in [6.07, 6.45) is 1.26. The molecule has 2 rings (SSSR count). The first-order chi connectivity index (χ1) is 12.9. The second-order valence-corrected chi connectivity index (χ2v) is 5.61. The van der Waals surface area contributed by atoms with E-state index in [2.05, 4.69) is 15.8 Å². The van der Waals surface area contributed by atoms with Gasteiger partial charge in [-0.25, -0.2) is 4.39 Å². The third-order valence-electron chi connectivity index (χ3n) is 3.47. The molecule has 0 bridgehead atoms. The second kappa shape index (κ2) is 9.43. The van der Waals surface area contributed by atoms with Crippen LogP contribution in [-0.2, 0) is 6.54 Å². The molecule has 2 aromatic carbocycles. The molecule has 142 valence electrons. The van der Waals surface area contributed by atoms with Crippen LogP contribution >= 0.6 is 12.2 Å². The molecule has 8 nitrogen and oxygen atoms in total. The van der Waals surface area contributed by atoms with Crippen LogP contribution in [0.4, 0.5) is 10.1 Å². The first kappa shape index (κ1) is 20.0. The predicted octanol–water partition coefficient (Wildman–Crippen LogP) is 2.75. The van der Waals surface area contributed by atoms with Crippen LogP contribution < -0.4 is 20.2 Å². The van der Waals surface area contributed by atoms with Gasteiger partial charge >= 0.3 is 0 Å². The van der Waals surface area contributed by atoms with E-state index in [0.29, 0.717) is 12.3 Å². The highest BCUT2D eigenvalue weighted by Gasteiger charge is 2.18. The highest BCUT2D eigenvalue weighted by atomic mass is 32.1. The number of hydrogen-bond donors (Lipinski definition) is 2. The molecule has 0 heterocycles. The fourth-order valence-electron chi connectivity index (χ4n) is 2.13. The monoisotopic (exact) mass is 392 g/mol. The van der Waals surface area contributed by atoms with Crippen LogP contribution in [0.15, 0.2) is 41.5 Å². The van der Waals surface area contributed by atoms with Crippen LogP contribution in [0.3, 0.4) is 0 Å². The maximum Gasteiger partial charge on any atom is 0.282 e. The van der Waals surface area contributed by atoms with Crippen molar-refractivity contribution in [1.82, 2.24) is 10.7 Å². The van der Waals surface area contributed by atoms with Gasteiger partial charge in [0.25, 0.3) is 5.69 Å². The highest BCUT2D eigenvalue weighted by molar-refractivity contribution is 7.80. The summed E-state index contributed by atoms with van der Waals surface area (Å²) in [5.74, 6) is 0.257. The second-order valence-electron chi connectivity index (χ2n) is 5.20. The van der Waals surface area contributed by atoms with E-state index in [1.165, 1.54) is 44.7 Å². The molecule has 0 aliphatic carbocycles. The molecule has 0 aliphatic heterocycles. The van der Waals surface area contributed by atoms with Gasteiger partial charge in [0.1, 0.15) is 5.82 Å². The van der Waals surface area contributed by atoms with Crippen LogP contribution in [0.1, 0.15) is 11.1 Å². The lowest BCUT2D eigenvalue weighted by Crippen LogP contribution is -2.31. The zero-order valence-electron chi connectivity index (χ0n) is 14.6. The van der Waals surface area contributed by atoms with E-state index in [1.54, 1.807) is 12.1 Å². The third kappa shape index (κ3) is 5.61. The van der Waals surface area contributed by atoms with Crippen molar-refractivity contribution >= 4 is 29.2 Å². The summed E-state index contributed by atoms with van der Waals surface area (Å²) < 4.78 is 23.1. The zero-order valence-corrected chi connectivity index (χ0v) is 15.4. The smallest absolute Gasteiger partial charge is 0.282 e. The van der Waals surface area contributed by atoms with Crippen LogP contribution in [-0.4, -0.2) is 30.5 Å². The fraction of sp³-hybridized carbons (Fsp3) is 0.176. The summed E-state index contributed by atoms with van der Waals surface area (Å²) in [5, 5.41) is 18.2. The van der Waals surface area contributed by atoms with Gasteiger partial charge in [-0.2, -0.15) is 5.10 Å². The standard InChI is InChI=1S/C17H17FN4O4S/c1-25-15-7-12(14(22(23)24)8-16(15)26-2)10-20-21-17(27)19-9-11-3-5-13(18)6-4-11/h3-8,10H,9H2,1-2H3,(H2,19,21,27)/b20-10-. The maximum atomic E-state index is 12.9. The number of hydrogen-bond acceptors (Lipinski definition) is 6. The molecule has 0 aliphatic rings. The van der Waals surface area contributed by atoms with E-state index >= 15 is 0 Å². The molecule has 0 saturated carbocycles. The van der Waals surface area contributed by atoms with Gasteiger partial charge in [0.2, 0.25) is 0 Å². The van der Waals surface area contributed by atoms with E-state index in [0.717, 1.165) is 5.56 Å². The quantitative estimate of drug-likeness (QED) is 0.324. The van der Waals surface area contributed by atoms with Crippen LogP contribution in [0.25, 0.3) is 0 Å². The van der Waals surface area contributed by atoms with Gasteiger partial charge in [0, 0.05) is 6.54 Å². The Morgan fingerprint density at radius 3 is 2.48 bits per heavy atom. The number of thiocarbonyl (C=S) groups is 1. The minimum atomic E-state index is -0.547. The molecule has 0 radical (unpaired) electrons. The van der Waals surface area contributed by atoms with E-state index < -0.39 is 4.92 Å². The number of methoxy groups -OCH3 is 2. The summed E-state index contributed by atoms with van der Waals surface area (Å²) >= 11 is 5.08. The van der Waals surface area contributed by atoms with Gasteiger partial charge < -0.3 is 14.8 Å². The van der Waals surface area contributed by atoms with Gasteiger partial charge in [-0.3, -0.25) is 15.5 Å². The summed E-state index contributed by atoms with van der Waals surface area (Å²) in [4.78, 5) is 10.7. The van der Waals surface area contributed by atoms with E-state index in [1.807, 2.05) is 0 Å². The SMILES string of the molecule is COc1cc(/C=N\NC(=S)NCc2ccc(F)cc2)c([N+](=O)[O-])cc1OC. The van der Waals surface area contributed by atoms with Crippen molar-refractivity contribution in [2.24, 2.45) is 5.10 Å². The maximum absolute atomic E-state index is 12.9. The van der Waals surface area contributed by atoms with E-state index in [-0.39, 0.29) is 27.9 Å². The van der Waals surface area contributed by atoms with Crippen molar-refractivity contribution in [3.63, 3.8) is 0 Å². The molecule has 0 atom stereocenters. The summed E-state index contributed by atoms with van der Waals surface area (Å²) in [6, 6.07) is 8.65. The Morgan fingerprint density at radius 2 is 1.89 bits per heavy atom. The Bertz CT molecular complexity index is 859. The molecular weight excluding hydrogens is 375 g/mol. The van der Waals surface area contributed by atoms with Crippen molar-refractivity contribution in [2.45, 2.75) is 6.54 Å². The van der Waals surface area contributed by atoms with Gasteiger partial charge in [-0.05, 0) is 36.0 Å². The fourth-order valence-corrected chi connectivity index (χ4v) is 2.25. The molecule has 27 heavy (non-hydrogen) atoms. The minimum Gasteiger partial charge on any atom is -0.493 e. The third-order valence-corrected chi connectivity index (χ3v) is 3.70. The lowest BCUT2D eigenvalue weighted by molar-refractivity contribution is -0.385. The first-order valence-corrected chi connectivity index (χ1v) is 8.07. The average molecular weight is 392 g/mol. The normalized spacial score (nSPS) is 10.5. The Kier molecular flexibility index (Phi) is 7.00. The van der Waals surface area contributed by atoms with E-state index in [4.69, 9.17) is 21.7 Å². The van der Waals surface area contributed by atoms with Gasteiger partial charge in [0.05, 0.1) is 37.0 Å². The molecule has 2 N–H and O–H groups in total. The largest absolute Gasteiger partial charge is 0.493 e. The van der Waals surface area contributed by atoms with Crippen molar-refractivity contribution in [3.8, 4) is 11.5 Å². The number of nitrogens with one attached hydrogen (secondary N) is 2. The molecule has 0 amide bonds. The Morgan fingerprint density at radius 1 is 1.26 bits per heavy atom. The molecule has 0 saturated heterocycles. The van der Waals surface area contributed by atoms with Crippen LogP contribution in [0, 0.1) is 15.9 Å². The number of nitro groups is 1. The van der Waals surface area contributed by atoms with Crippen molar-refractivity contribution in [3.05, 3.63) is 63.5 Å². The first-order valence-electron chi connectivity index (χ1n) is 7.66. The molecule has 10 heteroatoms. The number of rotatable bonds is 7. The van der Waals surface area contributed by atoms with Gasteiger partial charge in [-0.15, -0.1) is 0 Å². The lowest BCUT2D eigenvalue weighted by Gasteiger charge is -2.09. The number of ether oxygens (including phenoxy) is 2. The molecular formula is C17H17FN4O4S. The van der Waals surface area contributed by atoms with Gasteiger partial charge in [0.15, 0.2) is 16.6 Å². The Balaban J connectivity index is 2.02. The number of nitrogens with zero attached hydrogens (tertiary/aromatic N) is 2.